The molecule has 3 rings (SSSR count). The molecule has 0 unspecified atom stereocenters. The first-order valence-corrected chi connectivity index (χ1v) is 8.99. The molecule has 0 fully saturated rings. The van der Waals surface area contributed by atoms with Crippen LogP contribution in [0.4, 0.5) is 0 Å². The van der Waals surface area contributed by atoms with Crippen LogP contribution in [0.15, 0.2) is 84.9 Å². The number of ether oxygens (including phenoxy) is 1. The lowest BCUT2D eigenvalue weighted by atomic mass is 10.2. The van der Waals surface area contributed by atoms with Gasteiger partial charge in [0.25, 0.3) is 0 Å². The second-order valence-corrected chi connectivity index (χ2v) is 6.86. The molecular formula is C20H19O2P. The van der Waals surface area contributed by atoms with Crippen molar-refractivity contribution in [2.45, 2.75) is 6.16 Å². The largest absolute Gasteiger partial charge is 0.496 e. The molecule has 0 bridgehead atoms. The van der Waals surface area contributed by atoms with Gasteiger partial charge >= 0.3 is 0 Å². The molecule has 0 aliphatic carbocycles. The van der Waals surface area contributed by atoms with E-state index in [1.807, 2.05) is 54.6 Å². The molecule has 0 saturated heterocycles. The quantitative estimate of drug-likeness (QED) is 0.595. The second kappa shape index (κ2) is 7.80. The fourth-order valence-corrected chi connectivity index (χ4v) is 4.17. The van der Waals surface area contributed by atoms with E-state index in [0.29, 0.717) is 0 Å². The monoisotopic (exact) mass is 322 g/mol. The Morgan fingerprint density at radius 3 is 2.04 bits per heavy atom. The zero-order valence-corrected chi connectivity index (χ0v) is 13.9. The molecule has 0 aliphatic heterocycles. The Kier molecular flexibility index (Phi) is 5.29. The molecule has 23 heavy (non-hydrogen) atoms. The molecule has 0 aliphatic rings. The molecule has 3 aromatic carbocycles. The van der Waals surface area contributed by atoms with Crippen molar-refractivity contribution in [3.8, 4) is 11.5 Å². The maximum absolute atomic E-state index is 6.31. The summed E-state index contributed by atoms with van der Waals surface area (Å²) in [5.41, 5.74) is 1.17. The van der Waals surface area contributed by atoms with Gasteiger partial charge in [-0.1, -0.05) is 66.7 Å². The molecule has 0 saturated carbocycles. The number of para-hydroxylation sites is 2. The standard InChI is InChI=1S/C20H19O2P/c1-21-20-15-9-8-10-17(20)16-23(19-13-6-3-7-14-19)22-18-11-4-2-5-12-18/h2-15H,16H2,1H3/t23-/m1/s1. The van der Waals surface area contributed by atoms with Crippen molar-refractivity contribution in [2.75, 3.05) is 7.11 Å². The van der Waals surface area contributed by atoms with Gasteiger partial charge in [-0.3, -0.25) is 0 Å². The fourth-order valence-electron chi connectivity index (χ4n) is 2.37. The lowest BCUT2D eigenvalue weighted by Crippen LogP contribution is -2.07. The summed E-state index contributed by atoms with van der Waals surface area (Å²) >= 11 is 0. The highest BCUT2D eigenvalue weighted by molar-refractivity contribution is 7.60. The highest BCUT2D eigenvalue weighted by atomic mass is 31.1. The van der Waals surface area contributed by atoms with Crippen molar-refractivity contribution in [3.63, 3.8) is 0 Å². The number of benzene rings is 3. The first kappa shape index (κ1) is 15.6. The summed E-state index contributed by atoms with van der Waals surface area (Å²) < 4.78 is 11.8. The van der Waals surface area contributed by atoms with Gasteiger partial charge in [-0.05, 0) is 18.2 Å². The first-order valence-electron chi connectivity index (χ1n) is 7.54. The summed E-state index contributed by atoms with van der Waals surface area (Å²) in [6, 6.07) is 28.5. The molecule has 0 N–H and O–H groups in total. The van der Waals surface area contributed by atoms with Crippen LogP contribution in [0.3, 0.4) is 0 Å². The van der Waals surface area contributed by atoms with Gasteiger partial charge in [-0.25, -0.2) is 0 Å². The van der Waals surface area contributed by atoms with Crippen LogP contribution in [0, 0.1) is 0 Å². The van der Waals surface area contributed by atoms with E-state index in [2.05, 4.69) is 30.3 Å². The van der Waals surface area contributed by atoms with Crippen molar-refractivity contribution >= 4 is 13.5 Å². The van der Waals surface area contributed by atoms with Crippen LogP contribution in [-0.2, 0) is 6.16 Å². The molecule has 3 aromatic rings. The third kappa shape index (κ3) is 4.12. The van der Waals surface area contributed by atoms with Crippen LogP contribution in [0.1, 0.15) is 5.56 Å². The Hall–Kier alpha value is -2.31. The van der Waals surface area contributed by atoms with E-state index in [4.69, 9.17) is 9.26 Å². The first-order chi connectivity index (χ1) is 11.4. The zero-order valence-electron chi connectivity index (χ0n) is 13.1. The van der Waals surface area contributed by atoms with Gasteiger partial charge in [-0.2, -0.15) is 0 Å². The Morgan fingerprint density at radius 1 is 0.739 bits per heavy atom. The summed E-state index contributed by atoms with van der Waals surface area (Å²) in [6.45, 7) is 0. The van der Waals surface area contributed by atoms with Gasteiger partial charge < -0.3 is 9.26 Å². The van der Waals surface area contributed by atoms with Crippen LogP contribution in [0.5, 0.6) is 11.5 Å². The van der Waals surface area contributed by atoms with E-state index in [9.17, 15) is 0 Å². The smallest absolute Gasteiger partial charge is 0.123 e. The Balaban J connectivity index is 1.89. The number of rotatable bonds is 6. The van der Waals surface area contributed by atoms with Gasteiger partial charge in [0.2, 0.25) is 0 Å². The van der Waals surface area contributed by atoms with E-state index in [-0.39, 0.29) is 0 Å². The van der Waals surface area contributed by atoms with Crippen molar-refractivity contribution in [2.24, 2.45) is 0 Å². The highest BCUT2D eigenvalue weighted by Gasteiger charge is 2.17. The summed E-state index contributed by atoms with van der Waals surface area (Å²) in [5, 5.41) is 1.22. The second-order valence-electron chi connectivity index (χ2n) is 5.09. The molecule has 0 radical (unpaired) electrons. The van der Waals surface area contributed by atoms with Crippen molar-refractivity contribution in [1.82, 2.24) is 0 Å². The minimum Gasteiger partial charge on any atom is -0.496 e. The summed E-state index contributed by atoms with van der Waals surface area (Å²) in [7, 11) is 0.900. The molecule has 3 heteroatoms. The maximum atomic E-state index is 6.31. The molecular weight excluding hydrogens is 303 g/mol. The van der Waals surface area contributed by atoms with E-state index in [1.165, 1.54) is 10.9 Å². The maximum Gasteiger partial charge on any atom is 0.123 e. The summed E-state index contributed by atoms with van der Waals surface area (Å²) in [4.78, 5) is 0. The minimum atomic E-state index is -0.810. The Labute approximate surface area is 138 Å². The fraction of sp³-hybridized carbons (Fsp3) is 0.100. The summed E-state index contributed by atoms with van der Waals surface area (Å²) in [5.74, 6) is 1.81. The topological polar surface area (TPSA) is 18.5 Å². The van der Waals surface area contributed by atoms with Gasteiger partial charge in [0.1, 0.15) is 19.6 Å². The number of methoxy groups -OCH3 is 1. The van der Waals surface area contributed by atoms with Crippen molar-refractivity contribution in [3.05, 3.63) is 90.5 Å². The van der Waals surface area contributed by atoms with Crippen LogP contribution in [0.2, 0.25) is 0 Å². The third-order valence-electron chi connectivity index (χ3n) is 3.51. The molecule has 0 aromatic heterocycles. The zero-order chi connectivity index (χ0) is 15.9. The third-order valence-corrected chi connectivity index (χ3v) is 5.44. The van der Waals surface area contributed by atoms with Gasteiger partial charge in [0.05, 0.1) is 7.11 Å². The normalized spacial score (nSPS) is 11.7. The summed E-state index contributed by atoms with van der Waals surface area (Å²) in [6.07, 6.45) is 0.818. The van der Waals surface area contributed by atoms with Crippen molar-refractivity contribution in [1.29, 1.82) is 0 Å². The van der Waals surface area contributed by atoms with Crippen LogP contribution < -0.4 is 14.6 Å². The molecule has 0 heterocycles. The molecule has 2 nitrogen and oxygen atoms in total. The van der Waals surface area contributed by atoms with Crippen LogP contribution in [-0.4, -0.2) is 7.11 Å². The SMILES string of the molecule is COc1ccccc1C[P@@](Oc1ccccc1)c1ccccc1. The van der Waals surface area contributed by atoms with Gasteiger partial charge in [-0.15, -0.1) is 0 Å². The average Bonchev–Trinajstić information content (AvgIpc) is 2.63. The Morgan fingerprint density at radius 2 is 1.35 bits per heavy atom. The molecule has 1 atom stereocenters. The molecule has 0 spiro atoms. The van der Waals surface area contributed by atoms with Crippen LogP contribution in [0.25, 0.3) is 0 Å². The van der Waals surface area contributed by atoms with Gasteiger partial charge in [0, 0.05) is 17.0 Å². The van der Waals surface area contributed by atoms with Crippen molar-refractivity contribution < 1.29 is 9.26 Å². The number of hydrogen-bond donors (Lipinski definition) is 0. The lowest BCUT2D eigenvalue weighted by Gasteiger charge is -2.20. The van der Waals surface area contributed by atoms with E-state index < -0.39 is 8.15 Å². The lowest BCUT2D eigenvalue weighted by molar-refractivity contribution is 0.411. The van der Waals surface area contributed by atoms with E-state index >= 15 is 0 Å². The molecule has 0 amide bonds. The predicted molar refractivity (Wildman–Crippen MR) is 96.8 cm³/mol. The van der Waals surface area contributed by atoms with E-state index in [0.717, 1.165) is 17.7 Å². The molecule has 116 valence electrons. The van der Waals surface area contributed by atoms with Crippen LogP contribution >= 0.6 is 8.15 Å². The minimum absolute atomic E-state index is 0.810. The Bertz CT molecular complexity index is 729. The predicted octanol–water partition coefficient (Wildman–Crippen LogP) is 5.00. The van der Waals surface area contributed by atoms with E-state index in [1.54, 1.807) is 7.11 Å². The van der Waals surface area contributed by atoms with Gasteiger partial charge in [0.15, 0.2) is 0 Å². The number of hydrogen-bond acceptors (Lipinski definition) is 2. The highest BCUT2D eigenvalue weighted by Crippen LogP contribution is 2.42. The average molecular weight is 322 g/mol.